The molecular weight excluding hydrogens is 228 g/mol. The number of ether oxygens (including phenoxy) is 2. The minimum atomic E-state index is -0.128. The van der Waals surface area contributed by atoms with E-state index in [-0.39, 0.29) is 12.7 Å². The van der Waals surface area contributed by atoms with E-state index in [2.05, 4.69) is 11.8 Å². The number of rotatable bonds is 6. The molecule has 0 aromatic heterocycles. The Kier molecular flexibility index (Phi) is 7.12. The lowest BCUT2D eigenvalue weighted by Crippen LogP contribution is -2.09. The van der Waals surface area contributed by atoms with E-state index < -0.39 is 0 Å². The third-order valence-corrected chi connectivity index (χ3v) is 2.26. The Morgan fingerprint density at radius 3 is 2.72 bits per heavy atom. The van der Waals surface area contributed by atoms with E-state index in [1.54, 1.807) is 0 Å². The molecule has 0 saturated heterocycles. The Bertz CT molecular complexity index is 402. The predicted octanol–water partition coefficient (Wildman–Crippen LogP) is 1.97. The number of hydrogen-bond acceptors (Lipinski definition) is 3. The largest absolute Gasteiger partial charge is 0.384 e. The molecule has 0 amide bonds. The highest BCUT2D eigenvalue weighted by atomic mass is 16.5. The molecule has 1 rings (SSSR count). The second kappa shape index (κ2) is 8.71. The average Bonchev–Trinajstić information content (AvgIpc) is 2.36. The molecule has 0 saturated carbocycles. The average molecular weight is 248 g/mol. The fourth-order valence-electron chi connectivity index (χ4n) is 1.43. The number of benzene rings is 1. The van der Waals surface area contributed by atoms with Crippen LogP contribution in [0, 0.1) is 11.8 Å². The van der Waals surface area contributed by atoms with E-state index in [4.69, 9.17) is 14.6 Å². The molecule has 0 aliphatic heterocycles. The molecule has 0 atom stereocenters. The third kappa shape index (κ3) is 5.83. The van der Waals surface area contributed by atoms with Crippen LogP contribution in [0.15, 0.2) is 24.3 Å². The number of aliphatic hydroxyl groups excluding tert-OH is 1. The van der Waals surface area contributed by atoms with Gasteiger partial charge in [-0.25, -0.2) is 0 Å². The van der Waals surface area contributed by atoms with Gasteiger partial charge in [-0.15, -0.1) is 0 Å². The van der Waals surface area contributed by atoms with Crippen LogP contribution in [0.4, 0.5) is 0 Å². The zero-order chi connectivity index (χ0) is 13.2. The molecule has 1 aromatic carbocycles. The van der Waals surface area contributed by atoms with Crippen molar-refractivity contribution in [2.75, 3.05) is 19.8 Å². The van der Waals surface area contributed by atoms with Gasteiger partial charge in [-0.3, -0.25) is 0 Å². The first-order valence-electron chi connectivity index (χ1n) is 6.11. The molecule has 1 aromatic rings. The third-order valence-electron chi connectivity index (χ3n) is 2.26. The molecule has 18 heavy (non-hydrogen) atoms. The summed E-state index contributed by atoms with van der Waals surface area (Å²) < 4.78 is 10.9. The van der Waals surface area contributed by atoms with Gasteiger partial charge in [0.05, 0.1) is 25.9 Å². The topological polar surface area (TPSA) is 38.7 Å². The Balaban J connectivity index is 2.42. The molecule has 0 heterocycles. The summed E-state index contributed by atoms with van der Waals surface area (Å²) in [6.07, 6.45) is 0.233. The maximum atomic E-state index is 8.70. The van der Waals surface area contributed by atoms with Gasteiger partial charge in [-0.2, -0.15) is 0 Å². The molecule has 0 fully saturated rings. The van der Waals surface area contributed by atoms with Crippen LogP contribution in [-0.4, -0.2) is 31.0 Å². The van der Waals surface area contributed by atoms with E-state index in [9.17, 15) is 0 Å². The van der Waals surface area contributed by atoms with Crippen LogP contribution in [0.2, 0.25) is 0 Å². The highest BCUT2D eigenvalue weighted by molar-refractivity contribution is 5.40. The van der Waals surface area contributed by atoms with Gasteiger partial charge in [-0.1, -0.05) is 30.0 Å². The van der Waals surface area contributed by atoms with Crippen LogP contribution < -0.4 is 0 Å². The van der Waals surface area contributed by atoms with Crippen molar-refractivity contribution in [2.24, 2.45) is 0 Å². The zero-order valence-electron chi connectivity index (χ0n) is 11.0. The van der Waals surface area contributed by atoms with Crippen molar-refractivity contribution < 1.29 is 14.6 Å². The highest BCUT2D eigenvalue weighted by Crippen LogP contribution is 2.08. The maximum absolute atomic E-state index is 8.70. The van der Waals surface area contributed by atoms with E-state index in [1.807, 2.05) is 38.1 Å². The van der Waals surface area contributed by atoms with E-state index in [0.29, 0.717) is 19.8 Å². The molecule has 0 unspecified atom stereocenters. The van der Waals surface area contributed by atoms with Crippen molar-refractivity contribution in [3.63, 3.8) is 0 Å². The highest BCUT2D eigenvalue weighted by Gasteiger charge is 1.99. The lowest BCUT2D eigenvalue weighted by Gasteiger charge is -2.09. The minimum Gasteiger partial charge on any atom is -0.384 e. The molecule has 1 N–H and O–H groups in total. The number of aliphatic hydroxyl groups is 1. The quantitative estimate of drug-likeness (QED) is 0.618. The van der Waals surface area contributed by atoms with Gasteiger partial charge in [0.15, 0.2) is 0 Å². The summed E-state index contributed by atoms with van der Waals surface area (Å²) in [5, 5.41) is 8.70. The van der Waals surface area contributed by atoms with Gasteiger partial charge in [-0.05, 0) is 25.5 Å². The summed E-state index contributed by atoms with van der Waals surface area (Å²) in [6, 6.07) is 7.77. The van der Waals surface area contributed by atoms with Crippen LogP contribution >= 0.6 is 0 Å². The van der Waals surface area contributed by atoms with E-state index in [0.717, 1.165) is 11.1 Å². The first-order chi connectivity index (χ1) is 8.74. The van der Waals surface area contributed by atoms with Crippen molar-refractivity contribution in [2.45, 2.75) is 26.6 Å². The fraction of sp³-hybridized carbons (Fsp3) is 0.467. The summed E-state index contributed by atoms with van der Waals surface area (Å²) in [4.78, 5) is 0. The molecule has 0 bridgehead atoms. The Labute approximate surface area is 109 Å². The normalized spacial score (nSPS) is 10.2. The molecule has 0 radical (unpaired) electrons. The first kappa shape index (κ1) is 14.7. The second-order valence-corrected chi connectivity index (χ2v) is 4.09. The summed E-state index contributed by atoms with van der Waals surface area (Å²) in [5.74, 6) is 5.56. The SMILES string of the molecule is CC(C)OCCOCc1ccccc1C#CCO. The van der Waals surface area contributed by atoms with E-state index in [1.165, 1.54) is 0 Å². The lowest BCUT2D eigenvalue weighted by atomic mass is 10.1. The summed E-state index contributed by atoms with van der Waals surface area (Å²) >= 11 is 0. The molecule has 0 aliphatic carbocycles. The predicted molar refractivity (Wildman–Crippen MR) is 71.1 cm³/mol. The molecule has 0 spiro atoms. The summed E-state index contributed by atoms with van der Waals surface area (Å²) in [5.41, 5.74) is 1.93. The van der Waals surface area contributed by atoms with Crippen LogP contribution in [0.5, 0.6) is 0 Å². The molecule has 3 heteroatoms. The van der Waals surface area contributed by atoms with Crippen LogP contribution in [0.25, 0.3) is 0 Å². The van der Waals surface area contributed by atoms with Crippen LogP contribution in [-0.2, 0) is 16.1 Å². The molecule has 0 aliphatic rings. The van der Waals surface area contributed by atoms with Crippen molar-refractivity contribution in [1.29, 1.82) is 0 Å². The van der Waals surface area contributed by atoms with Gasteiger partial charge in [0.1, 0.15) is 6.61 Å². The second-order valence-electron chi connectivity index (χ2n) is 4.09. The van der Waals surface area contributed by atoms with Gasteiger partial charge < -0.3 is 14.6 Å². The van der Waals surface area contributed by atoms with Crippen molar-refractivity contribution in [3.05, 3.63) is 35.4 Å². The Morgan fingerprint density at radius 2 is 2.00 bits per heavy atom. The number of hydrogen-bond donors (Lipinski definition) is 1. The van der Waals surface area contributed by atoms with E-state index >= 15 is 0 Å². The Morgan fingerprint density at radius 1 is 1.22 bits per heavy atom. The standard InChI is InChI=1S/C15H20O3/c1-13(2)18-11-10-17-12-15-7-4-3-6-14(15)8-5-9-16/h3-4,6-7,13,16H,9-12H2,1-2H3. The maximum Gasteiger partial charge on any atom is 0.104 e. The fourth-order valence-corrected chi connectivity index (χ4v) is 1.43. The van der Waals surface area contributed by atoms with Crippen molar-refractivity contribution in [3.8, 4) is 11.8 Å². The summed E-state index contributed by atoms with van der Waals surface area (Å²) in [7, 11) is 0. The zero-order valence-corrected chi connectivity index (χ0v) is 11.0. The van der Waals surface area contributed by atoms with Crippen LogP contribution in [0.1, 0.15) is 25.0 Å². The lowest BCUT2D eigenvalue weighted by molar-refractivity contribution is 0.0142. The van der Waals surface area contributed by atoms with Gasteiger partial charge in [0.25, 0.3) is 0 Å². The molecule has 98 valence electrons. The van der Waals surface area contributed by atoms with Crippen molar-refractivity contribution in [1.82, 2.24) is 0 Å². The summed E-state index contributed by atoms with van der Waals surface area (Å²) in [6.45, 7) is 5.55. The smallest absolute Gasteiger partial charge is 0.104 e. The molecule has 3 nitrogen and oxygen atoms in total. The monoisotopic (exact) mass is 248 g/mol. The van der Waals surface area contributed by atoms with Gasteiger partial charge >= 0.3 is 0 Å². The molecular formula is C15H20O3. The first-order valence-corrected chi connectivity index (χ1v) is 6.11. The van der Waals surface area contributed by atoms with Crippen LogP contribution in [0.3, 0.4) is 0 Å². The minimum absolute atomic E-state index is 0.128. The van der Waals surface area contributed by atoms with Gasteiger partial charge in [0.2, 0.25) is 0 Å². The Hall–Kier alpha value is -1.34. The van der Waals surface area contributed by atoms with Gasteiger partial charge in [0, 0.05) is 5.56 Å². The van der Waals surface area contributed by atoms with Crippen molar-refractivity contribution >= 4 is 0 Å².